The Balaban J connectivity index is 0.000000291. The van der Waals surface area contributed by atoms with E-state index in [0.717, 1.165) is 13.0 Å². The fraction of sp³-hybridized carbons (Fsp3) is 0.714. The van der Waals surface area contributed by atoms with E-state index in [-0.39, 0.29) is 0 Å². The zero-order valence-electron chi connectivity index (χ0n) is 6.40. The lowest BCUT2D eigenvalue weighted by Gasteiger charge is -1.91. The van der Waals surface area contributed by atoms with Crippen molar-refractivity contribution in [1.29, 1.82) is 0 Å². The van der Waals surface area contributed by atoms with Crippen molar-refractivity contribution in [3.63, 3.8) is 0 Å². The normalized spacial score (nSPS) is 16.3. The van der Waals surface area contributed by atoms with E-state index in [2.05, 4.69) is 0 Å². The summed E-state index contributed by atoms with van der Waals surface area (Å²) < 4.78 is 4.92. The third-order valence-electron chi connectivity index (χ3n) is 1.16. The van der Waals surface area contributed by atoms with Crippen molar-refractivity contribution < 1.29 is 4.74 Å². The molecule has 1 rings (SSSR count). The van der Waals surface area contributed by atoms with E-state index in [1.807, 2.05) is 20.8 Å². The van der Waals surface area contributed by atoms with Gasteiger partial charge in [-0.3, -0.25) is 0 Å². The molecule has 0 fully saturated rings. The molecule has 1 heterocycles. The highest BCUT2D eigenvalue weighted by atomic mass is 16.5. The van der Waals surface area contributed by atoms with E-state index in [4.69, 9.17) is 10.5 Å². The molecule has 0 aromatic rings. The van der Waals surface area contributed by atoms with Crippen LogP contribution in [0, 0.1) is 0 Å². The third kappa shape index (κ3) is 2.40. The first-order valence-electron chi connectivity index (χ1n) is 3.39. The minimum absolute atomic E-state index is 0.625. The monoisotopic (exact) mass is 129 g/mol. The van der Waals surface area contributed by atoms with Crippen molar-refractivity contribution in [3.8, 4) is 0 Å². The third-order valence-corrected chi connectivity index (χ3v) is 1.16. The summed E-state index contributed by atoms with van der Waals surface area (Å²) in [6, 6.07) is 0. The Morgan fingerprint density at radius 3 is 2.11 bits per heavy atom. The van der Waals surface area contributed by atoms with Gasteiger partial charge in [-0.25, -0.2) is 0 Å². The van der Waals surface area contributed by atoms with E-state index < -0.39 is 0 Å². The lowest BCUT2D eigenvalue weighted by atomic mass is 10.3. The van der Waals surface area contributed by atoms with Crippen LogP contribution in [0.4, 0.5) is 0 Å². The highest BCUT2D eigenvalue weighted by Crippen LogP contribution is 2.12. The predicted octanol–water partition coefficient (Wildman–Crippen LogP) is 1.62. The summed E-state index contributed by atoms with van der Waals surface area (Å²) in [5.74, 6) is 0.625. The molecule has 2 nitrogen and oxygen atoms in total. The second-order valence-corrected chi connectivity index (χ2v) is 1.74. The van der Waals surface area contributed by atoms with E-state index in [9.17, 15) is 0 Å². The highest BCUT2D eigenvalue weighted by molar-refractivity contribution is 5.05. The molecular formula is C7H15NO. The quantitative estimate of drug-likeness (QED) is 0.539. The van der Waals surface area contributed by atoms with Gasteiger partial charge >= 0.3 is 0 Å². The molecule has 0 saturated carbocycles. The first kappa shape index (κ1) is 8.34. The molecule has 0 saturated heterocycles. The predicted molar refractivity (Wildman–Crippen MR) is 38.8 cm³/mol. The van der Waals surface area contributed by atoms with Crippen LogP contribution in [0.2, 0.25) is 0 Å². The first-order chi connectivity index (χ1) is 4.30. The lowest BCUT2D eigenvalue weighted by Crippen LogP contribution is -1.96. The van der Waals surface area contributed by atoms with Gasteiger partial charge in [0.2, 0.25) is 0 Å². The topological polar surface area (TPSA) is 35.2 Å². The molecule has 2 heteroatoms. The van der Waals surface area contributed by atoms with E-state index in [1.54, 1.807) is 0 Å². The van der Waals surface area contributed by atoms with Gasteiger partial charge in [0, 0.05) is 6.42 Å². The van der Waals surface area contributed by atoms with Crippen molar-refractivity contribution in [2.45, 2.75) is 27.2 Å². The minimum atomic E-state index is 0.625. The van der Waals surface area contributed by atoms with E-state index >= 15 is 0 Å². The molecular weight excluding hydrogens is 114 g/mol. The molecule has 0 atom stereocenters. The number of hydrogen-bond acceptors (Lipinski definition) is 2. The highest BCUT2D eigenvalue weighted by Gasteiger charge is 2.05. The number of rotatable bonds is 0. The average Bonchev–Trinajstić information content (AvgIpc) is 2.23. The summed E-state index contributed by atoms with van der Waals surface area (Å²) >= 11 is 0. The van der Waals surface area contributed by atoms with Crippen molar-refractivity contribution in [3.05, 3.63) is 11.5 Å². The molecule has 0 unspecified atom stereocenters. The fourth-order valence-corrected chi connectivity index (χ4v) is 0.560. The van der Waals surface area contributed by atoms with Crippen molar-refractivity contribution in [2.24, 2.45) is 5.73 Å². The van der Waals surface area contributed by atoms with Gasteiger partial charge in [-0.05, 0) is 12.5 Å². The van der Waals surface area contributed by atoms with Crippen LogP contribution in [0.15, 0.2) is 11.5 Å². The largest absolute Gasteiger partial charge is 0.479 e. The zero-order chi connectivity index (χ0) is 7.28. The number of ether oxygens (including phenoxy) is 1. The standard InChI is InChI=1S/C5H9NO.C2H6/c1-4-2-3-7-5(4)6;1-2/h2-3,6H2,1H3;1-2H3. The zero-order valence-corrected chi connectivity index (χ0v) is 6.40. The fourth-order valence-electron chi connectivity index (χ4n) is 0.560. The second-order valence-electron chi connectivity index (χ2n) is 1.74. The van der Waals surface area contributed by atoms with Gasteiger partial charge < -0.3 is 10.5 Å². The Labute approximate surface area is 56.7 Å². The second kappa shape index (κ2) is 4.24. The van der Waals surface area contributed by atoms with Gasteiger partial charge in [0.15, 0.2) is 5.88 Å². The van der Waals surface area contributed by atoms with E-state index in [1.165, 1.54) is 5.57 Å². The smallest absolute Gasteiger partial charge is 0.182 e. The molecule has 0 aromatic heterocycles. The maximum absolute atomic E-state index is 5.34. The SMILES string of the molecule is CC.CC1=C(N)OCC1. The molecule has 0 amide bonds. The van der Waals surface area contributed by atoms with Crippen LogP contribution < -0.4 is 5.73 Å². The Morgan fingerprint density at radius 2 is 2.00 bits per heavy atom. The van der Waals surface area contributed by atoms with Crippen molar-refractivity contribution in [2.75, 3.05) is 6.61 Å². The number of hydrogen-bond donors (Lipinski definition) is 1. The summed E-state index contributed by atoms with van der Waals surface area (Å²) in [5.41, 5.74) is 6.52. The van der Waals surface area contributed by atoms with E-state index in [0.29, 0.717) is 5.88 Å². The van der Waals surface area contributed by atoms with Gasteiger partial charge in [-0.2, -0.15) is 0 Å². The molecule has 0 radical (unpaired) electrons. The van der Waals surface area contributed by atoms with Crippen LogP contribution in [0.3, 0.4) is 0 Å². The molecule has 1 aliphatic heterocycles. The molecule has 9 heavy (non-hydrogen) atoms. The van der Waals surface area contributed by atoms with Gasteiger partial charge in [-0.15, -0.1) is 0 Å². The van der Waals surface area contributed by atoms with Crippen LogP contribution in [-0.2, 0) is 4.74 Å². The molecule has 2 N–H and O–H groups in total. The summed E-state index contributed by atoms with van der Waals surface area (Å²) in [6.45, 7) is 6.76. The molecule has 0 aromatic carbocycles. The molecule has 1 aliphatic rings. The van der Waals surface area contributed by atoms with Crippen molar-refractivity contribution >= 4 is 0 Å². The maximum atomic E-state index is 5.34. The Hall–Kier alpha value is -0.660. The first-order valence-corrected chi connectivity index (χ1v) is 3.39. The molecule has 54 valence electrons. The summed E-state index contributed by atoms with van der Waals surface area (Å²) in [7, 11) is 0. The lowest BCUT2D eigenvalue weighted by molar-refractivity contribution is 0.242. The van der Waals surface area contributed by atoms with Gasteiger partial charge in [0.1, 0.15) is 0 Å². The van der Waals surface area contributed by atoms with Gasteiger partial charge in [-0.1, -0.05) is 13.8 Å². The van der Waals surface area contributed by atoms with Crippen molar-refractivity contribution in [1.82, 2.24) is 0 Å². The Bertz CT molecular complexity index is 95.5. The average molecular weight is 129 g/mol. The van der Waals surface area contributed by atoms with Gasteiger partial charge in [0.25, 0.3) is 0 Å². The molecule has 0 bridgehead atoms. The molecule has 0 aliphatic carbocycles. The Kier molecular flexibility index (Phi) is 3.93. The molecule has 0 spiro atoms. The van der Waals surface area contributed by atoms with Crippen LogP contribution in [0.1, 0.15) is 27.2 Å². The van der Waals surface area contributed by atoms with Crippen LogP contribution in [0.5, 0.6) is 0 Å². The van der Waals surface area contributed by atoms with Gasteiger partial charge in [0.05, 0.1) is 6.61 Å². The summed E-state index contributed by atoms with van der Waals surface area (Å²) in [6.07, 6.45) is 1.01. The summed E-state index contributed by atoms with van der Waals surface area (Å²) in [5, 5.41) is 0. The maximum Gasteiger partial charge on any atom is 0.182 e. The van der Waals surface area contributed by atoms with Crippen LogP contribution in [-0.4, -0.2) is 6.61 Å². The summed E-state index contributed by atoms with van der Waals surface area (Å²) in [4.78, 5) is 0. The van der Waals surface area contributed by atoms with Crippen LogP contribution >= 0.6 is 0 Å². The minimum Gasteiger partial charge on any atom is -0.479 e. The Morgan fingerprint density at radius 1 is 1.44 bits per heavy atom. The van der Waals surface area contributed by atoms with Crippen LogP contribution in [0.25, 0.3) is 0 Å². The number of nitrogens with two attached hydrogens (primary N) is 1.